The van der Waals surface area contributed by atoms with Crippen molar-refractivity contribution in [2.75, 3.05) is 7.11 Å². The summed E-state index contributed by atoms with van der Waals surface area (Å²) in [6, 6.07) is 18.1. The standard InChI is InChI=1S/C22H16ClFO3/c1-26-19-10-5-16(6-11-19)22(15-3-8-18(24)9-4-15)21(25)20-12-17(23)7-2-14(20)13-27-22/h2-12H,13H2,1H3. The molecule has 0 saturated carbocycles. The fourth-order valence-electron chi connectivity index (χ4n) is 3.43. The number of benzene rings is 3. The first-order valence-electron chi connectivity index (χ1n) is 8.42. The number of hydrogen-bond donors (Lipinski definition) is 0. The molecule has 0 amide bonds. The Morgan fingerprint density at radius 2 is 1.63 bits per heavy atom. The third-order valence-corrected chi connectivity index (χ3v) is 5.06. The fraction of sp³-hybridized carbons (Fsp3) is 0.136. The highest BCUT2D eigenvalue weighted by Gasteiger charge is 2.47. The van der Waals surface area contributed by atoms with Crippen LogP contribution in [0.15, 0.2) is 66.7 Å². The third-order valence-electron chi connectivity index (χ3n) is 4.83. The van der Waals surface area contributed by atoms with Gasteiger partial charge in [0.25, 0.3) is 0 Å². The lowest BCUT2D eigenvalue weighted by molar-refractivity contribution is -0.0221. The number of carbonyl (C=O) groups is 1. The summed E-state index contributed by atoms with van der Waals surface area (Å²) in [6.07, 6.45) is 0. The van der Waals surface area contributed by atoms with Crippen LogP contribution in [0.4, 0.5) is 4.39 Å². The van der Waals surface area contributed by atoms with Crippen LogP contribution in [0.5, 0.6) is 5.75 Å². The minimum absolute atomic E-state index is 0.233. The second-order valence-electron chi connectivity index (χ2n) is 6.34. The predicted octanol–water partition coefficient (Wildman–Crippen LogP) is 5.14. The topological polar surface area (TPSA) is 35.5 Å². The molecule has 27 heavy (non-hydrogen) atoms. The fourth-order valence-corrected chi connectivity index (χ4v) is 3.61. The van der Waals surface area contributed by atoms with Crippen molar-refractivity contribution in [3.63, 3.8) is 0 Å². The number of rotatable bonds is 3. The Bertz CT molecular complexity index is 999. The molecular weight excluding hydrogens is 367 g/mol. The van der Waals surface area contributed by atoms with Gasteiger partial charge in [-0.05, 0) is 53.1 Å². The number of methoxy groups -OCH3 is 1. The van der Waals surface area contributed by atoms with E-state index in [2.05, 4.69) is 0 Å². The molecule has 1 aliphatic rings. The first kappa shape index (κ1) is 17.7. The predicted molar refractivity (Wildman–Crippen MR) is 101 cm³/mol. The maximum Gasteiger partial charge on any atom is 0.204 e. The number of halogens is 2. The Kier molecular flexibility index (Phi) is 4.46. The molecule has 5 heteroatoms. The van der Waals surface area contributed by atoms with Crippen molar-refractivity contribution in [1.29, 1.82) is 0 Å². The number of carbonyl (C=O) groups excluding carboxylic acids is 1. The number of hydrogen-bond acceptors (Lipinski definition) is 3. The molecule has 3 nitrogen and oxygen atoms in total. The van der Waals surface area contributed by atoms with E-state index in [-0.39, 0.29) is 18.2 Å². The van der Waals surface area contributed by atoms with Gasteiger partial charge in [-0.25, -0.2) is 4.39 Å². The summed E-state index contributed by atoms with van der Waals surface area (Å²) in [7, 11) is 1.57. The van der Waals surface area contributed by atoms with Crippen molar-refractivity contribution >= 4 is 17.4 Å². The molecule has 0 aliphatic carbocycles. The highest BCUT2D eigenvalue weighted by atomic mass is 35.5. The summed E-state index contributed by atoms with van der Waals surface area (Å²) in [4.78, 5) is 13.6. The van der Waals surface area contributed by atoms with Crippen LogP contribution in [-0.4, -0.2) is 12.9 Å². The zero-order chi connectivity index (χ0) is 19.0. The molecule has 1 aliphatic heterocycles. The van der Waals surface area contributed by atoms with E-state index in [0.717, 1.165) is 5.56 Å². The minimum atomic E-state index is -1.38. The van der Waals surface area contributed by atoms with Gasteiger partial charge in [-0.2, -0.15) is 0 Å². The van der Waals surface area contributed by atoms with Crippen LogP contribution in [-0.2, 0) is 16.9 Å². The molecule has 0 bridgehead atoms. The van der Waals surface area contributed by atoms with Gasteiger partial charge in [-0.3, -0.25) is 4.79 Å². The normalized spacial score (nSPS) is 18.9. The highest BCUT2D eigenvalue weighted by molar-refractivity contribution is 6.31. The molecule has 0 saturated heterocycles. The number of ketones is 1. The van der Waals surface area contributed by atoms with Gasteiger partial charge in [0.1, 0.15) is 11.6 Å². The van der Waals surface area contributed by atoms with Gasteiger partial charge in [0.2, 0.25) is 5.78 Å². The van der Waals surface area contributed by atoms with Gasteiger partial charge >= 0.3 is 0 Å². The minimum Gasteiger partial charge on any atom is -0.497 e. The lowest BCUT2D eigenvalue weighted by Crippen LogP contribution is -2.43. The Balaban J connectivity index is 1.94. The van der Waals surface area contributed by atoms with Crippen molar-refractivity contribution in [3.8, 4) is 5.75 Å². The van der Waals surface area contributed by atoms with Crippen LogP contribution in [0.1, 0.15) is 27.0 Å². The van der Waals surface area contributed by atoms with Crippen molar-refractivity contribution in [3.05, 3.63) is 99.8 Å². The van der Waals surface area contributed by atoms with Gasteiger partial charge in [0, 0.05) is 10.6 Å². The van der Waals surface area contributed by atoms with Crippen LogP contribution >= 0.6 is 11.6 Å². The lowest BCUT2D eigenvalue weighted by Gasteiger charge is -2.37. The molecule has 0 spiro atoms. The Morgan fingerprint density at radius 1 is 1.00 bits per heavy atom. The van der Waals surface area contributed by atoms with Gasteiger partial charge in [-0.15, -0.1) is 0 Å². The van der Waals surface area contributed by atoms with Gasteiger partial charge in [0.05, 0.1) is 13.7 Å². The average Bonchev–Trinajstić information content (AvgIpc) is 2.70. The van der Waals surface area contributed by atoms with Crippen LogP contribution in [0.25, 0.3) is 0 Å². The molecule has 1 atom stereocenters. The summed E-state index contributed by atoms with van der Waals surface area (Å²) in [5, 5.41) is 0.478. The first-order chi connectivity index (χ1) is 13.0. The molecule has 1 unspecified atom stereocenters. The summed E-state index contributed by atoms with van der Waals surface area (Å²) in [6.45, 7) is 0.238. The molecule has 3 aromatic rings. The van der Waals surface area contributed by atoms with E-state index in [1.54, 1.807) is 61.7 Å². The Morgan fingerprint density at radius 3 is 2.26 bits per heavy atom. The van der Waals surface area contributed by atoms with Gasteiger partial charge in [-0.1, -0.05) is 41.9 Å². The summed E-state index contributed by atoms with van der Waals surface area (Å²) >= 11 is 6.13. The van der Waals surface area contributed by atoms with Crippen molar-refractivity contribution in [1.82, 2.24) is 0 Å². The molecule has 136 valence electrons. The SMILES string of the molecule is COc1ccc(C2(c3ccc(F)cc3)OCc3ccc(Cl)cc3C2=O)cc1. The molecule has 0 radical (unpaired) electrons. The number of fused-ring (bicyclic) bond motifs is 1. The summed E-state index contributed by atoms with van der Waals surface area (Å²) < 4.78 is 24.9. The second-order valence-corrected chi connectivity index (χ2v) is 6.77. The van der Waals surface area contributed by atoms with Crippen LogP contribution in [0.2, 0.25) is 5.02 Å². The Labute approximate surface area is 161 Å². The zero-order valence-corrected chi connectivity index (χ0v) is 15.3. The Hall–Kier alpha value is -2.69. The summed E-state index contributed by atoms with van der Waals surface area (Å²) in [5.41, 5.74) is 1.11. The maximum absolute atomic E-state index is 13.6. The molecule has 0 N–H and O–H groups in total. The molecule has 3 aromatic carbocycles. The van der Waals surface area contributed by atoms with E-state index in [0.29, 0.717) is 27.5 Å². The van der Waals surface area contributed by atoms with E-state index >= 15 is 0 Å². The van der Waals surface area contributed by atoms with Crippen LogP contribution in [0, 0.1) is 5.82 Å². The number of Topliss-reactive ketones (excluding diaryl/α,β-unsaturated/α-hetero) is 1. The van der Waals surface area contributed by atoms with E-state index in [9.17, 15) is 9.18 Å². The van der Waals surface area contributed by atoms with E-state index in [1.807, 2.05) is 0 Å². The summed E-state index contributed by atoms with van der Waals surface area (Å²) in [5.74, 6) is 0.0538. The van der Waals surface area contributed by atoms with Crippen LogP contribution in [0.3, 0.4) is 0 Å². The molecule has 4 rings (SSSR count). The van der Waals surface area contributed by atoms with Gasteiger partial charge in [0.15, 0.2) is 5.60 Å². The van der Waals surface area contributed by atoms with Crippen molar-refractivity contribution < 1.29 is 18.7 Å². The lowest BCUT2D eigenvalue weighted by atomic mass is 9.77. The van der Waals surface area contributed by atoms with E-state index in [1.165, 1.54) is 12.1 Å². The zero-order valence-electron chi connectivity index (χ0n) is 14.5. The van der Waals surface area contributed by atoms with Crippen molar-refractivity contribution in [2.45, 2.75) is 12.2 Å². The quantitative estimate of drug-likeness (QED) is 0.628. The second kappa shape index (κ2) is 6.80. The average molecular weight is 383 g/mol. The highest BCUT2D eigenvalue weighted by Crippen LogP contribution is 2.42. The van der Waals surface area contributed by atoms with Gasteiger partial charge < -0.3 is 9.47 Å². The number of ether oxygens (including phenoxy) is 2. The molecule has 1 heterocycles. The van der Waals surface area contributed by atoms with Crippen molar-refractivity contribution in [2.24, 2.45) is 0 Å². The maximum atomic E-state index is 13.6. The monoisotopic (exact) mass is 382 g/mol. The largest absolute Gasteiger partial charge is 0.497 e. The molecular formula is C22H16ClFO3. The van der Waals surface area contributed by atoms with Crippen LogP contribution < -0.4 is 4.74 Å². The third kappa shape index (κ3) is 2.91. The van der Waals surface area contributed by atoms with E-state index in [4.69, 9.17) is 21.1 Å². The van der Waals surface area contributed by atoms with E-state index < -0.39 is 5.60 Å². The first-order valence-corrected chi connectivity index (χ1v) is 8.80. The smallest absolute Gasteiger partial charge is 0.204 e. The molecule has 0 aromatic heterocycles. The molecule has 0 fully saturated rings.